The SMILES string of the molecule is C[C@H]1CN(CCn2cccn2)CCN1C(=O)OC(C)(C)C. The Balaban J connectivity index is 1.80. The van der Waals surface area contributed by atoms with E-state index >= 15 is 0 Å². The Bertz CT molecular complexity index is 453. The van der Waals surface area contributed by atoms with E-state index in [1.165, 1.54) is 0 Å². The van der Waals surface area contributed by atoms with Gasteiger partial charge in [0.25, 0.3) is 0 Å². The van der Waals surface area contributed by atoms with E-state index < -0.39 is 5.60 Å². The number of hydrogen-bond acceptors (Lipinski definition) is 4. The van der Waals surface area contributed by atoms with Gasteiger partial charge in [0.2, 0.25) is 0 Å². The molecule has 2 rings (SSSR count). The maximum Gasteiger partial charge on any atom is 0.410 e. The van der Waals surface area contributed by atoms with Crippen LogP contribution in [-0.4, -0.2) is 63.5 Å². The van der Waals surface area contributed by atoms with Gasteiger partial charge in [0.1, 0.15) is 5.60 Å². The van der Waals surface area contributed by atoms with Gasteiger partial charge >= 0.3 is 6.09 Å². The van der Waals surface area contributed by atoms with Crippen LogP contribution < -0.4 is 0 Å². The first-order chi connectivity index (χ1) is 9.85. The minimum absolute atomic E-state index is 0.172. The maximum absolute atomic E-state index is 12.1. The van der Waals surface area contributed by atoms with Gasteiger partial charge in [-0.3, -0.25) is 9.58 Å². The van der Waals surface area contributed by atoms with Crippen LogP contribution in [0.2, 0.25) is 0 Å². The molecule has 0 saturated carbocycles. The second kappa shape index (κ2) is 6.47. The molecule has 0 aromatic carbocycles. The number of nitrogens with zero attached hydrogens (tertiary/aromatic N) is 4. The number of piperazine rings is 1. The van der Waals surface area contributed by atoms with Gasteiger partial charge in [-0.15, -0.1) is 0 Å². The van der Waals surface area contributed by atoms with Crippen LogP contribution in [0.4, 0.5) is 4.79 Å². The van der Waals surface area contributed by atoms with E-state index in [0.29, 0.717) is 0 Å². The van der Waals surface area contributed by atoms with Gasteiger partial charge < -0.3 is 9.64 Å². The van der Waals surface area contributed by atoms with Crippen LogP contribution in [0.25, 0.3) is 0 Å². The number of carbonyl (C=O) groups excluding carboxylic acids is 1. The largest absolute Gasteiger partial charge is 0.444 e. The second-order valence-corrected chi connectivity index (χ2v) is 6.59. The van der Waals surface area contributed by atoms with Crippen LogP contribution in [0, 0.1) is 0 Å². The van der Waals surface area contributed by atoms with Crippen molar-refractivity contribution in [3.8, 4) is 0 Å². The van der Waals surface area contributed by atoms with E-state index in [9.17, 15) is 4.79 Å². The highest BCUT2D eigenvalue weighted by Crippen LogP contribution is 2.15. The van der Waals surface area contributed by atoms with E-state index in [0.717, 1.165) is 32.7 Å². The highest BCUT2D eigenvalue weighted by molar-refractivity contribution is 5.68. The second-order valence-electron chi connectivity index (χ2n) is 6.59. The predicted octanol–water partition coefficient (Wildman–Crippen LogP) is 1.82. The summed E-state index contributed by atoms with van der Waals surface area (Å²) < 4.78 is 7.39. The predicted molar refractivity (Wildman–Crippen MR) is 81.1 cm³/mol. The molecule has 0 N–H and O–H groups in total. The molecule has 0 aliphatic carbocycles. The fraction of sp³-hybridized carbons (Fsp3) is 0.733. The third-order valence-electron chi connectivity index (χ3n) is 3.54. The lowest BCUT2D eigenvalue weighted by atomic mass is 10.2. The van der Waals surface area contributed by atoms with Crippen LogP contribution in [0.5, 0.6) is 0 Å². The van der Waals surface area contributed by atoms with Crippen molar-refractivity contribution in [3.63, 3.8) is 0 Å². The van der Waals surface area contributed by atoms with Crippen LogP contribution in [0.15, 0.2) is 18.5 Å². The molecule has 2 heterocycles. The van der Waals surface area contributed by atoms with E-state index in [4.69, 9.17) is 4.74 Å². The number of aromatic nitrogens is 2. The number of amides is 1. The van der Waals surface area contributed by atoms with Crippen molar-refractivity contribution in [3.05, 3.63) is 18.5 Å². The topological polar surface area (TPSA) is 50.6 Å². The summed E-state index contributed by atoms with van der Waals surface area (Å²) in [4.78, 5) is 16.3. The fourth-order valence-corrected chi connectivity index (χ4v) is 2.50. The summed E-state index contributed by atoms with van der Waals surface area (Å²) in [5.74, 6) is 0. The van der Waals surface area contributed by atoms with E-state index in [-0.39, 0.29) is 12.1 Å². The molecular weight excluding hydrogens is 268 g/mol. The minimum Gasteiger partial charge on any atom is -0.444 e. The zero-order valence-electron chi connectivity index (χ0n) is 13.5. The van der Waals surface area contributed by atoms with Gasteiger partial charge in [0.05, 0.1) is 6.54 Å². The summed E-state index contributed by atoms with van der Waals surface area (Å²) in [6.07, 6.45) is 3.56. The van der Waals surface area contributed by atoms with Gasteiger partial charge in [-0.2, -0.15) is 5.10 Å². The van der Waals surface area contributed by atoms with Crippen molar-refractivity contribution in [2.45, 2.75) is 45.9 Å². The smallest absolute Gasteiger partial charge is 0.410 e. The zero-order valence-corrected chi connectivity index (χ0v) is 13.5. The Morgan fingerprint density at radius 3 is 2.67 bits per heavy atom. The van der Waals surface area contributed by atoms with Crippen molar-refractivity contribution in [2.75, 3.05) is 26.2 Å². The third kappa shape index (κ3) is 4.74. The van der Waals surface area contributed by atoms with Crippen LogP contribution >= 0.6 is 0 Å². The first-order valence-corrected chi connectivity index (χ1v) is 7.54. The number of ether oxygens (including phenoxy) is 1. The van der Waals surface area contributed by atoms with Crippen LogP contribution in [-0.2, 0) is 11.3 Å². The maximum atomic E-state index is 12.1. The molecule has 1 aliphatic rings. The lowest BCUT2D eigenvalue weighted by Gasteiger charge is -2.40. The summed E-state index contributed by atoms with van der Waals surface area (Å²) in [6.45, 7) is 12.1. The standard InChI is InChI=1S/C15H26N4O2/c1-13-12-17(8-10-18-7-5-6-16-18)9-11-19(13)14(20)21-15(2,3)4/h5-7,13H,8-12H2,1-4H3/t13-/m0/s1. The zero-order chi connectivity index (χ0) is 15.5. The van der Waals surface area contributed by atoms with E-state index in [2.05, 4.69) is 16.9 Å². The van der Waals surface area contributed by atoms with E-state index in [1.54, 1.807) is 6.20 Å². The van der Waals surface area contributed by atoms with Crippen molar-refractivity contribution in [2.24, 2.45) is 0 Å². The molecule has 1 saturated heterocycles. The average Bonchev–Trinajstić information content (AvgIpc) is 2.87. The molecule has 6 nitrogen and oxygen atoms in total. The molecule has 1 amide bonds. The Labute approximate surface area is 126 Å². The van der Waals surface area contributed by atoms with Crippen molar-refractivity contribution < 1.29 is 9.53 Å². The molecule has 1 fully saturated rings. The summed E-state index contributed by atoms with van der Waals surface area (Å²) in [5.41, 5.74) is -0.436. The van der Waals surface area contributed by atoms with Gasteiger partial charge in [0, 0.05) is 44.6 Å². The molecule has 118 valence electrons. The minimum atomic E-state index is -0.436. The van der Waals surface area contributed by atoms with Crippen molar-refractivity contribution in [1.82, 2.24) is 19.6 Å². The third-order valence-corrected chi connectivity index (χ3v) is 3.54. The Hall–Kier alpha value is -1.56. The van der Waals surface area contributed by atoms with E-state index in [1.807, 2.05) is 42.6 Å². The lowest BCUT2D eigenvalue weighted by Crippen LogP contribution is -2.55. The van der Waals surface area contributed by atoms with Gasteiger partial charge in [-0.1, -0.05) is 0 Å². The lowest BCUT2D eigenvalue weighted by molar-refractivity contribution is 0.00107. The summed E-state index contributed by atoms with van der Waals surface area (Å²) in [6, 6.07) is 2.11. The molecule has 1 aromatic heterocycles. The van der Waals surface area contributed by atoms with Gasteiger partial charge in [-0.05, 0) is 33.8 Å². The monoisotopic (exact) mass is 294 g/mol. The fourth-order valence-electron chi connectivity index (χ4n) is 2.50. The first-order valence-electron chi connectivity index (χ1n) is 7.54. The molecule has 0 unspecified atom stereocenters. The quantitative estimate of drug-likeness (QED) is 0.853. The molecule has 1 atom stereocenters. The number of rotatable bonds is 3. The molecule has 0 spiro atoms. The van der Waals surface area contributed by atoms with Crippen molar-refractivity contribution in [1.29, 1.82) is 0 Å². The first kappa shape index (κ1) is 15.8. The highest BCUT2D eigenvalue weighted by Gasteiger charge is 2.30. The Morgan fingerprint density at radius 1 is 1.33 bits per heavy atom. The number of hydrogen-bond donors (Lipinski definition) is 0. The highest BCUT2D eigenvalue weighted by atomic mass is 16.6. The summed E-state index contributed by atoms with van der Waals surface area (Å²) in [7, 11) is 0. The Morgan fingerprint density at radius 2 is 2.10 bits per heavy atom. The molecule has 0 bridgehead atoms. The molecule has 6 heteroatoms. The summed E-state index contributed by atoms with van der Waals surface area (Å²) >= 11 is 0. The number of carbonyl (C=O) groups is 1. The summed E-state index contributed by atoms with van der Waals surface area (Å²) in [5, 5.41) is 4.21. The molecule has 1 aromatic rings. The van der Waals surface area contributed by atoms with Crippen LogP contribution in [0.3, 0.4) is 0 Å². The molecule has 1 aliphatic heterocycles. The van der Waals surface area contributed by atoms with Gasteiger partial charge in [0.15, 0.2) is 0 Å². The van der Waals surface area contributed by atoms with Gasteiger partial charge in [-0.25, -0.2) is 4.79 Å². The van der Waals surface area contributed by atoms with Crippen molar-refractivity contribution >= 4 is 6.09 Å². The molecule has 21 heavy (non-hydrogen) atoms. The normalized spacial score (nSPS) is 20.6. The average molecular weight is 294 g/mol. The van der Waals surface area contributed by atoms with Crippen LogP contribution in [0.1, 0.15) is 27.7 Å². The molecule has 0 radical (unpaired) electrons. The molecular formula is C15H26N4O2. The Kier molecular flexibility index (Phi) is 4.88.